The van der Waals surface area contributed by atoms with E-state index in [9.17, 15) is 10.5 Å². The summed E-state index contributed by atoms with van der Waals surface area (Å²) in [5.41, 5.74) is 1.42. The van der Waals surface area contributed by atoms with Gasteiger partial charge < -0.3 is 14.4 Å². The molecule has 0 radical (unpaired) electrons. The molecule has 28 heavy (non-hydrogen) atoms. The Kier molecular flexibility index (Phi) is 5.25. The molecule has 4 rings (SSSR count). The molecule has 0 unspecified atom stereocenters. The molecule has 3 heterocycles. The van der Waals surface area contributed by atoms with Crippen molar-refractivity contribution in [3.05, 3.63) is 70.3 Å². The van der Waals surface area contributed by atoms with Crippen molar-refractivity contribution in [2.45, 2.75) is 0 Å². The van der Waals surface area contributed by atoms with E-state index in [0.717, 1.165) is 36.7 Å². The quantitative estimate of drug-likeness (QED) is 0.731. The molecule has 2 aliphatic rings. The van der Waals surface area contributed by atoms with Crippen LogP contribution >= 0.6 is 11.3 Å². The molecule has 1 aromatic heterocycles. The number of nitrogens with zero attached hydrogens (tertiary/aromatic N) is 3. The standard InChI is InChI=1S/C22H17N3O2S/c23-14-16(15-24)20-13-17(27-21-4-2-1-3-19(20)21)5-6-18-7-8-22(28-18)25-9-11-26-12-10-25/h1-8,13H,9-12H2/b6-5+. The topological polar surface area (TPSA) is 69.3 Å². The van der Waals surface area contributed by atoms with Crippen LogP contribution in [0.2, 0.25) is 0 Å². The van der Waals surface area contributed by atoms with E-state index in [2.05, 4.69) is 17.0 Å². The second kappa shape index (κ2) is 8.14. The minimum absolute atomic E-state index is 0.0763. The van der Waals surface area contributed by atoms with Crippen LogP contribution in [0.4, 0.5) is 5.00 Å². The number of hydrogen-bond donors (Lipinski definition) is 0. The minimum atomic E-state index is 0.0763. The van der Waals surface area contributed by atoms with E-state index in [4.69, 9.17) is 9.47 Å². The molecule has 0 bridgehead atoms. The number of thiophene rings is 1. The second-order valence-corrected chi connectivity index (χ2v) is 7.36. The van der Waals surface area contributed by atoms with Gasteiger partial charge in [0.2, 0.25) is 0 Å². The van der Waals surface area contributed by atoms with Gasteiger partial charge in [0.1, 0.15) is 29.2 Å². The van der Waals surface area contributed by atoms with Crippen molar-refractivity contribution in [1.29, 1.82) is 10.5 Å². The third-order valence-corrected chi connectivity index (χ3v) is 5.64. The summed E-state index contributed by atoms with van der Waals surface area (Å²) in [5, 5.41) is 19.8. The first-order valence-corrected chi connectivity index (χ1v) is 9.74. The van der Waals surface area contributed by atoms with Crippen molar-refractivity contribution in [2.24, 2.45) is 0 Å². The highest BCUT2D eigenvalue weighted by atomic mass is 32.1. The molecule has 0 N–H and O–H groups in total. The zero-order valence-corrected chi connectivity index (χ0v) is 15.9. The maximum Gasteiger partial charge on any atom is 0.137 e. The number of fused-ring (bicyclic) bond motifs is 1. The van der Waals surface area contributed by atoms with Crippen LogP contribution in [-0.2, 0) is 4.74 Å². The number of ether oxygens (including phenoxy) is 2. The molecule has 1 saturated heterocycles. The van der Waals surface area contributed by atoms with E-state index in [0.29, 0.717) is 17.1 Å². The van der Waals surface area contributed by atoms with Crippen LogP contribution in [0.1, 0.15) is 10.4 Å². The van der Waals surface area contributed by atoms with Crippen molar-refractivity contribution in [2.75, 3.05) is 31.2 Å². The molecular weight excluding hydrogens is 370 g/mol. The molecule has 0 aliphatic carbocycles. The van der Waals surface area contributed by atoms with E-state index in [1.807, 2.05) is 48.6 Å². The number of hydrogen-bond acceptors (Lipinski definition) is 6. The zero-order chi connectivity index (χ0) is 19.3. The fourth-order valence-electron chi connectivity index (χ4n) is 3.14. The van der Waals surface area contributed by atoms with E-state index in [1.54, 1.807) is 17.4 Å². The lowest BCUT2D eigenvalue weighted by molar-refractivity contribution is 0.123. The Morgan fingerprint density at radius 2 is 1.82 bits per heavy atom. The van der Waals surface area contributed by atoms with Gasteiger partial charge in [0.15, 0.2) is 0 Å². The Hall–Kier alpha value is -3.32. The summed E-state index contributed by atoms with van der Waals surface area (Å²) in [4.78, 5) is 3.43. The second-order valence-electron chi connectivity index (χ2n) is 6.27. The fourth-order valence-corrected chi connectivity index (χ4v) is 4.10. The first-order chi connectivity index (χ1) is 13.8. The number of allylic oxidation sites excluding steroid dienone is 4. The summed E-state index contributed by atoms with van der Waals surface area (Å²) in [7, 11) is 0. The zero-order valence-electron chi connectivity index (χ0n) is 15.1. The highest BCUT2D eigenvalue weighted by molar-refractivity contribution is 7.16. The lowest BCUT2D eigenvalue weighted by atomic mass is 9.97. The number of nitriles is 2. The van der Waals surface area contributed by atoms with Gasteiger partial charge in [-0.25, -0.2) is 0 Å². The van der Waals surface area contributed by atoms with Gasteiger partial charge in [-0.1, -0.05) is 18.2 Å². The van der Waals surface area contributed by atoms with Crippen molar-refractivity contribution >= 4 is 28.0 Å². The predicted molar refractivity (Wildman–Crippen MR) is 110 cm³/mol. The highest BCUT2D eigenvalue weighted by Gasteiger charge is 2.19. The minimum Gasteiger partial charge on any atom is -0.457 e. The SMILES string of the molecule is N#CC(C#N)=C1C=C(/C=C/c2ccc(N3CCOCC3)s2)Oc2ccccc21. The molecule has 0 atom stereocenters. The van der Waals surface area contributed by atoms with Gasteiger partial charge in [-0.3, -0.25) is 0 Å². The van der Waals surface area contributed by atoms with Gasteiger partial charge in [0, 0.05) is 29.1 Å². The average Bonchev–Trinajstić information content (AvgIpc) is 3.23. The van der Waals surface area contributed by atoms with Crippen LogP contribution in [0, 0.1) is 22.7 Å². The molecule has 138 valence electrons. The molecule has 0 saturated carbocycles. The number of benzene rings is 1. The van der Waals surface area contributed by atoms with Crippen LogP contribution in [0.5, 0.6) is 5.75 Å². The Morgan fingerprint density at radius 3 is 2.61 bits per heavy atom. The van der Waals surface area contributed by atoms with Crippen molar-refractivity contribution in [3.63, 3.8) is 0 Å². The summed E-state index contributed by atoms with van der Waals surface area (Å²) >= 11 is 1.71. The van der Waals surface area contributed by atoms with Gasteiger partial charge in [-0.05, 0) is 36.4 Å². The summed E-state index contributed by atoms with van der Waals surface area (Å²) < 4.78 is 11.4. The largest absolute Gasteiger partial charge is 0.457 e. The average molecular weight is 387 g/mol. The first kappa shape index (κ1) is 18.1. The van der Waals surface area contributed by atoms with E-state index < -0.39 is 0 Å². The normalized spacial score (nSPS) is 16.0. The monoisotopic (exact) mass is 387 g/mol. The summed E-state index contributed by atoms with van der Waals surface area (Å²) in [5.74, 6) is 1.24. The first-order valence-electron chi connectivity index (χ1n) is 8.92. The lowest BCUT2D eigenvalue weighted by Gasteiger charge is -2.27. The summed E-state index contributed by atoms with van der Waals surface area (Å²) in [6.45, 7) is 3.35. The summed E-state index contributed by atoms with van der Waals surface area (Å²) in [6, 6.07) is 15.6. The molecule has 6 heteroatoms. The number of anilines is 1. The highest BCUT2D eigenvalue weighted by Crippen LogP contribution is 2.36. The number of rotatable bonds is 3. The van der Waals surface area contributed by atoms with Crippen LogP contribution in [0.3, 0.4) is 0 Å². The lowest BCUT2D eigenvalue weighted by Crippen LogP contribution is -2.35. The maximum absolute atomic E-state index is 9.29. The van der Waals surface area contributed by atoms with Gasteiger partial charge >= 0.3 is 0 Å². The third kappa shape index (κ3) is 3.70. The van der Waals surface area contributed by atoms with E-state index in [-0.39, 0.29) is 5.57 Å². The van der Waals surface area contributed by atoms with Gasteiger partial charge in [-0.2, -0.15) is 10.5 Å². The van der Waals surface area contributed by atoms with Gasteiger partial charge in [-0.15, -0.1) is 11.3 Å². The van der Waals surface area contributed by atoms with Crippen LogP contribution in [0.15, 0.2) is 59.9 Å². The van der Waals surface area contributed by atoms with Crippen LogP contribution in [0.25, 0.3) is 11.6 Å². The third-order valence-electron chi connectivity index (χ3n) is 4.53. The van der Waals surface area contributed by atoms with Crippen molar-refractivity contribution in [3.8, 4) is 17.9 Å². The molecular formula is C22H17N3O2S. The Labute approximate surface area is 167 Å². The van der Waals surface area contributed by atoms with Crippen LogP contribution < -0.4 is 9.64 Å². The number of morpholine rings is 1. The Bertz CT molecular complexity index is 1040. The maximum atomic E-state index is 9.29. The molecule has 1 fully saturated rings. The van der Waals surface area contributed by atoms with Crippen molar-refractivity contribution in [1.82, 2.24) is 0 Å². The van der Waals surface area contributed by atoms with Crippen molar-refractivity contribution < 1.29 is 9.47 Å². The van der Waals surface area contributed by atoms with Gasteiger partial charge in [0.25, 0.3) is 0 Å². The summed E-state index contributed by atoms with van der Waals surface area (Å²) in [6.07, 6.45) is 5.61. The van der Waals surface area contributed by atoms with E-state index >= 15 is 0 Å². The molecule has 2 aliphatic heterocycles. The molecule has 0 amide bonds. The smallest absolute Gasteiger partial charge is 0.137 e. The Morgan fingerprint density at radius 1 is 1.04 bits per heavy atom. The fraction of sp³-hybridized carbons (Fsp3) is 0.182. The molecule has 2 aromatic rings. The molecule has 5 nitrogen and oxygen atoms in total. The van der Waals surface area contributed by atoms with Gasteiger partial charge in [0.05, 0.1) is 18.2 Å². The Balaban J connectivity index is 1.60. The van der Waals surface area contributed by atoms with E-state index in [1.165, 1.54) is 5.00 Å². The van der Waals surface area contributed by atoms with Crippen LogP contribution in [-0.4, -0.2) is 26.3 Å². The number of para-hydroxylation sites is 1. The predicted octanol–water partition coefficient (Wildman–Crippen LogP) is 4.38. The molecule has 0 spiro atoms. The molecule has 1 aromatic carbocycles.